The molecule has 4 nitrogen and oxygen atoms in total. The largest absolute Gasteiger partial charge is 0.341 e. The van der Waals surface area contributed by atoms with Crippen LogP contribution >= 0.6 is 0 Å². The highest BCUT2D eigenvalue weighted by Crippen LogP contribution is 2.56. The third-order valence-corrected chi connectivity index (χ3v) is 14.8. The molecule has 14 rings (SSSR count). The SMILES string of the molecule is CN1c2ccccc2N(c2ccc3c(-c4cccc5ccccc45)c4cc(N5c6ccccc6N(C)c6ccccc65)ccc4c(-c4cc5ccccc5cc4-c4ccccc4)c3c2)c2ccccc21. The fourth-order valence-electron chi connectivity index (χ4n) is 11.6. The molecule has 330 valence electrons. The van der Waals surface area contributed by atoms with Gasteiger partial charge in [-0.05, 0) is 161 Å². The molecule has 0 unspecified atom stereocenters. The molecular weight excluding hydrogens is 849 g/mol. The summed E-state index contributed by atoms with van der Waals surface area (Å²) in [4.78, 5) is 9.54. The molecular formula is C66H46N4. The first-order valence-electron chi connectivity index (χ1n) is 24.1. The Morgan fingerprint density at radius 3 is 1.13 bits per heavy atom. The van der Waals surface area contributed by atoms with Gasteiger partial charge < -0.3 is 19.6 Å². The highest BCUT2D eigenvalue weighted by Gasteiger charge is 2.31. The molecule has 0 aliphatic carbocycles. The minimum absolute atomic E-state index is 1.11. The highest BCUT2D eigenvalue weighted by molar-refractivity contribution is 6.26. The van der Waals surface area contributed by atoms with E-state index < -0.39 is 0 Å². The Morgan fingerprint density at radius 1 is 0.243 bits per heavy atom. The van der Waals surface area contributed by atoms with Crippen molar-refractivity contribution in [1.29, 1.82) is 0 Å². The summed E-state index contributed by atoms with van der Waals surface area (Å²) in [6.07, 6.45) is 0. The minimum atomic E-state index is 1.11. The molecule has 0 N–H and O–H groups in total. The van der Waals surface area contributed by atoms with Crippen molar-refractivity contribution in [3.05, 3.63) is 243 Å². The van der Waals surface area contributed by atoms with Crippen LogP contribution in [0.5, 0.6) is 0 Å². The molecule has 2 aliphatic rings. The van der Waals surface area contributed by atoms with Crippen molar-refractivity contribution >= 4 is 100.0 Å². The van der Waals surface area contributed by atoms with E-state index in [2.05, 4.69) is 276 Å². The normalized spacial score (nSPS) is 12.9. The van der Waals surface area contributed by atoms with E-state index in [1.54, 1.807) is 0 Å². The Balaban J connectivity index is 1.15. The summed E-state index contributed by atoms with van der Waals surface area (Å²) in [5, 5.41) is 9.64. The molecule has 0 amide bonds. The second-order valence-corrected chi connectivity index (χ2v) is 18.6. The van der Waals surface area contributed by atoms with Crippen molar-refractivity contribution < 1.29 is 0 Å². The van der Waals surface area contributed by atoms with Crippen LogP contribution in [-0.2, 0) is 0 Å². The molecule has 12 aromatic rings. The molecule has 0 atom stereocenters. The first-order valence-corrected chi connectivity index (χ1v) is 24.1. The van der Waals surface area contributed by atoms with Crippen LogP contribution in [0.1, 0.15) is 0 Å². The average Bonchev–Trinajstić information content (AvgIpc) is 3.42. The van der Waals surface area contributed by atoms with Gasteiger partial charge in [-0.15, -0.1) is 0 Å². The fraction of sp³-hybridized carbons (Fsp3) is 0.0303. The Morgan fingerprint density at radius 2 is 0.629 bits per heavy atom. The number of nitrogens with zero attached hydrogens (tertiary/aromatic N) is 4. The van der Waals surface area contributed by atoms with Crippen molar-refractivity contribution in [2.24, 2.45) is 0 Å². The van der Waals surface area contributed by atoms with Crippen LogP contribution in [0.2, 0.25) is 0 Å². The maximum Gasteiger partial charge on any atom is 0.0699 e. The lowest BCUT2D eigenvalue weighted by atomic mass is 9.82. The van der Waals surface area contributed by atoms with Gasteiger partial charge in [0.05, 0.1) is 45.5 Å². The molecule has 4 heteroatoms. The molecule has 12 aromatic carbocycles. The lowest BCUT2D eigenvalue weighted by Gasteiger charge is -2.39. The predicted molar refractivity (Wildman–Crippen MR) is 298 cm³/mol. The van der Waals surface area contributed by atoms with Gasteiger partial charge in [-0.1, -0.05) is 158 Å². The molecule has 0 saturated heterocycles. The lowest BCUT2D eigenvalue weighted by molar-refractivity contribution is 1.13. The standard InChI is InChI=1S/C66H46N4/c1-67-57-27-10-14-31-61(57)69(62-32-15-11-28-58(62)67)47-36-38-52-55(41-47)65(50-26-18-24-43-21-8-9-25-49(43)50)51-37-35-48(70-63-33-16-12-29-59(63)68(2)60-30-13-17-34-64(60)70)42-56(51)66(52)54-40-46-23-7-6-22-45(46)39-53(54)44-19-4-3-5-20-44/h3-42H,1-2H3. The average molecular weight is 895 g/mol. The molecule has 0 bridgehead atoms. The summed E-state index contributed by atoms with van der Waals surface area (Å²) in [7, 11) is 4.35. The van der Waals surface area contributed by atoms with Crippen LogP contribution in [0, 0.1) is 0 Å². The molecule has 2 heterocycles. The molecule has 0 radical (unpaired) electrons. The van der Waals surface area contributed by atoms with Crippen LogP contribution in [0.3, 0.4) is 0 Å². The smallest absolute Gasteiger partial charge is 0.0699 e. The Bertz CT molecular complexity index is 3980. The fourth-order valence-corrected chi connectivity index (χ4v) is 11.6. The second-order valence-electron chi connectivity index (χ2n) is 18.6. The molecule has 70 heavy (non-hydrogen) atoms. The van der Waals surface area contributed by atoms with E-state index in [0.717, 1.165) is 56.9 Å². The van der Waals surface area contributed by atoms with Crippen LogP contribution in [-0.4, -0.2) is 14.1 Å². The van der Waals surface area contributed by atoms with E-state index in [4.69, 9.17) is 0 Å². The van der Waals surface area contributed by atoms with E-state index in [9.17, 15) is 0 Å². The molecule has 0 fully saturated rings. The summed E-state index contributed by atoms with van der Waals surface area (Å²) in [6.45, 7) is 0. The molecule has 0 saturated carbocycles. The predicted octanol–water partition coefficient (Wildman–Crippen LogP) is 18.4. The van der Waals surface area contributed by atoms with Gasteiger partial charge in [0, 0.05) is 25.5 Å². The topological polar surface area (TPSA) is 13.0 Å². The Hall–Kier alpha value is -9.12. The lowest BCUT2D eigenvalue weighted by Crippen LogP contribution is -2.24. The van der Waals surface area contributed by atoms with Crippen LogP contribution < -0.4 is 19.6 Å². The van der Waals surface area contributed by atoms with Crippen LogP contribution in [0.25, 0.3) is 76.5 Å². The monoisotopic (exact) mass is 894 g/mol. The number of hydrogen-bond donors (Lipinski definition) is 0. The third kappa shape index (κ3) is 6.03. The zero-order valence-corrected chi connectivity index (χ0v) is 38.9. The van der Waals surface area contributed by atoms with Gasteiger partial charge in [0.2, 0.25) is 0 Å². The van der Waals surface area contributed by atoms with Crippen LogP contribution in [0.15, 0.2) is 243 Å². The summed E-state index contributed by atoms with van der Waals surface area (Å²) in [6, 6.07) is 89.8. The van der Waals surface area contributed by atoms with E-state index in [-0.39, 0.29) is 0 Å². The molecule has 0 aromatic heterocycles. The van der Waals surface area contributed by atoms with Gasteiger partial charge in [-0.2, -0.15) is 0 Å². The number of hydrogen-bond acceptors (Lipinski definition) is 4. The zero-order chi connectivity index (χ0) is 46.5. The van der Waals surface area contributed by atoms with Crippen molar-refractivity contribution in [2.75, 3.05) is 33.7 Å². The summed E-state index contributed by atoms with van der Waals surface area (Å²) < 4.78 is 0. The maximum atomic E-state index is 2.47. The van der Waals surface area contributed by atoms with E-state index >= 15 is 0 Å². The van der Waals surface area contributed by atoms with E-state index in [0.29, 0.717) is 0 Å². The summed E-state index contributed by atoms with van der Waals surface area (Å²) in [5.41, 5.74) is 18.7. The summed E-state index contributed by atoms with van der Waals surface area (Å²) in [5.74, 6) is 0. The second kappa shape index (κ2) is 15.7. The van der Waals surface area contributed by atoms with Gasteiger partial charge in [0.15, 0.2) is 0 Å². The number of benzene rings is 12. The first kappa shape index (κ1) is 40.0. The van der Waals surface area contributed by atoms with Crippen molar-refractivity contribution in [1.82, 2.24) is 0 Å². The third-order valence-electron chi connectivity index (χ3n) is 14.8. The first-order chi connectivity index (χ1) is 34.6. The Kier molecular flexibility index (Phi) is 8.99. The number of para-hydroxylation sites is 8. The van der Waals surface area contributed by atoms with Gasteiger partial charge in [-0.3, -0.25) is 0 Å². The number of fused-ring (bicyclic) bond motifs is 8. The minimum Gasteiger partial charge on any atom is -0.341 e. The highest BCUT2D eigenvalue weighted by atomic mass is 15.3. The maximum absolute atomic E-state index is 2.47. The van der Waals surface area contributed by atoms with Gasteiger partial charge in [0.1, 0.15) is 0 Å². The van der Waals surface area contributed by atoms with Gasteiger partial charge in [0.25, 0.3) is 0 Å². The van der Waals surface area contributed by atoms with E-state index in [1.165, 1.54) is 76.5 Å². The van der Waals surface area contributed by atoms with Crippen LogP contribution in [0.4, 0.5) is 56.9 Å². The molecule has 0 spiro atoms. The number of rotatable bonds is 5. The Labute approximate surface area is 407 Å². The van der Waals surface area contributed by atoms with Crippen molar-refractivity contribution in [2.45, 2.75) is 0 Å². The quantitative estimate of drug-likeness (QED) is 0.160. The summed E-state index contributed by atoms with van der Waals surface area (Å²) >= 11 is 0. The zero-order valence-electron chi connectivity index (χ0n) is 38.9. The van der Waals surface area contributed by atoms with Gasteiger partial charge >= 0.3 is 0 Å². The van der Waals surface area contributed by atoms with Crippen molar-refractivity contribution in [3.8, 4) is 33.4 Å². The number of anilines is 10. The van der Waals surface area contributed by atoms with Gasteiger partial charge in [-0.25, -0.2) is 0 Å². The van der Waals surface area contributed by atoms with E-state index in [1.807, 2.05) is 0 Å². The van der Waals surface area contributed by atoms with Crippen molar-refractivity contribution in [3.63, 3.8) is 0 Å². The molecule has 2 aliphatic heterocycles.